The first kappa shape index (κ1) is 29.8. The predicted octanol–water partition coefficient (Wildman–Crippen LogP) is 4.05. The fourth-order valence-corrected chi connectivity index (χ4v) is 5.12. The molecule has 3 N–H and O–H groups in total. The van der Waals surface area contributed by atoms with Crippen molar-refractivity contribution < 1.29 is 19.1 Å². The lowest BCUT2D eigenvalue weighted by atomic mass is 10.1. The summed E-state index contributed by atoms with van der Waals surface area (Å²) in [6, 6.07) is 6.54. The van der Waals surface area contributed by atoms with Crippen molar-refractivity contribution in [1.82, 2.24) is 10.2 Å². The Kier molecular flexibility index (Phi) is 11.4. The minimum atomic E-state index is -0.566. The average Bonchev–Trinajstić information content (AvgIpc) is 3.10. The summed E-state index contributed by atoms with van der Waals surface area (Å²) in [4.78, 5) is 44.5. The molecule has 2 unspecified atom stereocenters. The van der Waals surface area contributed by atoms with Gasteiger partial charge in [-0.3, -0.25) is 14.4 Å². The van der Waals surface area contributed by atoms with Gasteiger partial charge in [-0.1, -0.05) is 62.3 Å². The highest BCUT2D eigenvalue weighted by Gasteiger charge is 2.40. The van der Waals surface area contributed by atoms with Crippen LogP contribution in [0.1, 0.15) is 82.6 Å². The third-order valence-corrected chi connectivity index (χ3v) is 7.21. The zero-order chi connectivity index (χ0) is 26.9. The number of carbonyl (C=O) groups is 3. The molecule has 2 atom stereocenters. The number of rotatable bonds is 11. The molecule has 36 heavy (non-hydrogen) atoms. The average molecular weight is 535 g/mol. The topological polar surface area (TPSA) is 114 Å². The van der Waals surface area contributed by atoms with Crippen LogP contribution in [0.25, 0.3) is 0 Å². The van der Waals surface area contributed by atoms with Gasteiger partial charge in [0.15, 0.2) is 5.17 Å². The summed E-state index contributed by atoms with van der Waals surface area (Å²) in [5.74, 6) is -0.932. The van der Waals surface area contributed by atoms with E-state index in [0.29, 0.717) is 22.8 Å². The normalized spacial score (nSPS) is 18.8. The number of nitrogens with two attached hydrogens (primary N) is 1. The van der Waals surface area contributed by atoms with E-state index in [-0.39, 0.29) is 41.8 Å². The molecule has 1 aliphatic rings. The smallest absolute Gasteiger partial charge is 0.308 e. The molecular formula is C26H38N4O4S2. The number of thioether (sulfide) groups is 1. The minimum absolute atomic E-state index is 0.0944. The Morgan fingerprint density at radius 1 is 1.14 bits per heavy atom. The predicted molar refractivity (Wildman–Crippen MR) is 149 cm³/mol. The Labute approximate surface area is 223 Å². The van der Waals surface area contributed by atoms with Crippen LogP contribution in [0, 0.1) is 0 Å². The molecule has 1 aromatic carbocycles. The van der Waals surface area contributed by atoms with Gasteiger partial charge in [-0.2, -0.15) is 4.99 Å². The number of carbonyl (C=O) groups excluding carboxylic acids is 3. The summed E-state index contributed by atoms with van der Waals surface area (Å²) in [5, 5.41) is 2.93. The second kappa shape index (κ2) is 13.7. The lowest BCUT2D eigenvalue weighted by Crippen LogP contribution is -2.43. The second-order valence-corrected chi connectivity index (χ2v) is 11.4. The maximum absolute atomic E-state index is 13.0. The van der Waals surface area contributed by atoms with Gasteiger partial charge in [0.05, 0.1) is 6.42 Å². The van der Waals surface area contributed by atoms with Crippen molar-refractivity contribution in [3.8, 4) is 0 Å². The first-order valence-electron chi connectivity index (χ1n) is 12.4. The first-order valence-corrected chi connectivity index (χ1v) is 13.7. The Morgan fingerprint density at radius 2 is 1.78 bits per heavy atom. The molecule has 1 fully saturated rings. The van der Waals surface area contributed by atoms with Crippen molar-refractivity contribution >= 4 is 51.9 Å². The number of amidine groups is 1. The number of nitrogens with one attached hydrogen (secondary N) is 1. The highest BCUT2D eigenvalue weighted by molar-refractivity contribution is 8.15. The minimum Gasteiger partial charge on any atom is -0.460 e. The monoisotopic (exact) mass is 534 g/mol. The maximum atomic E-state index is 13.0. The lowest BCUT2D eigenvalue weighted by Gasteiger charge is -2.25. The molecule has 2 amide bonds. The SMILES string of the molecule is CCCCCCN1C(=NC(=O)c2ccc(C(N)=S)cc2)SC(C(=O)NCCC(=O)OC(C)(C)C)C1C. The van der Waals surface area contributed by atoms with E-state index in [9.17, 15) is 14.4 Å². The molecule has 0 spiro atoms. The maximum Gasteiger partial charge on any atom is 0.308 e. The van der Waals surface area contributed by atoms with E-state index in [1.165, 1.54) is 11.8 Å². The van der Waals surface area contributed by atoms with E-state index < -0.39 is 10.9 Å². The third kappa shape index (κ3) is 9.20. The Bertz CT molecular complexity index is 973. The molecule has 0 saturated carbocycles. The molecule has 1 aliphatic heterocycles. The van der Waals surface area contributed by atoms with Gasteiger partial charge in [-0.15, -0.1) is 0 Å². The van der Waals surface area contributed by atoms with E-state index in [0.717, 1.165) is 25.7 Å². The Morgan fingerprint density at radius 3 is 2.36 bits per heavy atom. The van der Waals surface area contributed by atoms with Gasteiger partial charge in [0.1, 0.15) is 15.8 Å². The van der Waals surface area contributed by atoms with Gasteiger partial charge >= 0.3 is 5.97 Å². The van der Waals surface area contributed by atoms with Gasteiger partial charge < -0.3 is 20.7 Å². The standard InChI is InChI=1S/C26H38N4O4S2/c1-6-7-8-9-16-30-17(2)21(24(33)28-15-14-20(31)34-26(3,4)5)36-25(30)29-23(32)19-12-10-18(11-13-19)22(27)35/h10-13,17,21H,6-9,14-16H2,1-5H3,(H2,27,35)(H,28,33). The van der Waals surface area contributed by atoms with Crippen LogP contribution in [-0.4, -0.2) is 62.8 Å². The number of unbranched alkanes of at least 4 members (excludes halogenated alkanes) is 3. The van der Waals surface area contributed by atoms with Crippen LogP contribution in [0.2, 0.25) is 0 Å². The molecule has 198 valence electrons. The van der Waals surface area contributed by atoms with Gasteiger partial charge in [0.2, 0.25) is 5.91 Å². The highest BCUT2D eigenvalue weighted by atomic mass is 32.2. The zero-order valence-electron chi connectivity index (χ0n) is 21.8. The molecule has 2 rings (SSSR count). The van der Waals surface area contributed by atoms with E-state index >= 15 is 0 Å². The second-order valence-electron chi connectivity index (χ2n) is 9.80. The summed E-state index contributed by atoms with van der Waals surface area (Å²) in [6.07, 6.45) is 4.36. The van der Waals surface area contributed by atoms with Crippen LogP contribution in [0.15, 0.2) is 29.3 Å². The number of hydrogen-bond acceptors (Lipinski definition) is 6. The molecule has 1 aromatic rings. The molecule has 0 aliphatic carbocycles. The van der Waals surface area contributed by atoms with Crippen molar-refractivity contribution in [3.63, 3.8) is 0 Å². The Hall–Kier alpha value is -2.46. The van der Waals surface area contributed by atoms with Gasteiger partial charge in [0, 0.05) is 30.3 Å². The summed E-state index contributed by atoms with van der Waals surface area (Å²) in [5.41, 5.74) is 6.18. The number of amides is 2. The molecule has 0 aromatic heterocycles. The molecule has 0 bridgehead atoms. The largest absolute Gasteiger partial charge is 0.460 e. The van der Waals surface area contributed by atoms with Crippen molar-refractivity contribution in [2.24, 2.45) is 10.7 Å². The quantitative estimate of drug-likeness (QED) is 0.248. The molecule has 0 radical (unpaired) electrons. The molecule has 8 nitrogen and oxygen atoms in total. The highest BCUT2D eigenvalue weighted by Crippen LogP contribution is 2.32. The zero-order valence-corrected chi connectivity index (χ0v) is 23.5. The molecular weight excluding hydrogens is 496 g/mol. The van der Waals surface area contributed by atoms with Crippen LogP contribution in [0.4, 0.5) is 0 Å². The third-order valence-electron chi connectivity index (χ3n) is 5.58. The number of benzene rings is 1. The van der Waals surface area contributed by atoms with Gasteiger partial charge in [-0.25, -0.2) is 0 Å². The number of esters is 1. The van der Waals surface area contributed by atoms with Crippen molar-refractivity contribution in [2.75, 3.05) is 13.1 Å². The summed E-state index contributed by atoms with van der Waals surface area (Å²) in [7, 11) is 0. The summed E-state index contributed by atoms with van der Waals surface area (Å²) < 4.78 is 5.30. The fraction of sp³-hybridized carbons (Fsp3) is 0.577. The molecule has 1 heterocycles. The van der Waals surface area contributed by atoms with E-state index in [2.05, 4.69) is 17.2 Å². The van der Waals surface area contributed by atoms with Crippen LogP contribution in [0.5, 0.6) is 0 Å². The summed E-state index contributed by atoms with van der Waals surface area (Å²) >= 11 is 6.26. The number of nitrogens with zero attached hydrogens (tertiary/aromatic N) is 2. The summed E-state index contributed by atoms with van der Waals surface area (Å²) in [6.45, 7) is 10.4. The number of aliphatic imine (C=N–C) groups is 1. The van der Waals surface area contributed by atoms with Crippen molar-refractivity contribution in [2.45, 2.75) is 83.6 Å². The van der Waals surface area contributed by atoms with Crippen LogP contribution in [-0.2, 0) is 14.3 Å². The van der Waals surface area contributed by atoms with Crippen molar-refractivity contribution in [3.05, 3.63) is 35.4 Å². The Balaban J connectivity index is 2.10. The van der Waals surface area contributed by atoms with Crippen LogP contribution >= 0.6 is 24.0 Å². The van der Waals surface area contributed by atoms with Crippen LogP contribution in [0.3, 0.4) is 0 Å². The number of hydrogen-bond donors (Lipinski definition) is 2. The van der Waals surface area contributed by atoms with Crippen LogP contribution < -0.4 is 11.1 Å². The molecule has 10 heteroatoms. The number of ether oxygens (including phenoxy) is 1. The molecule has 1 saturated heterocycles. The van der Waals surface area contributed by atoms with Crippen molar-refractivity contribution in [1.29, 1.82) is 0 Å². The van der Waals surface area contributed by atoms with E-state index in [1.807, 2.05) is 11.8 Å². The fourth-order valence-electron chi connectivity index (χ4n) is 3.70. The lowest BCUT2D eigenvalue weighted by molar-refractivity contribution is -0.154. The van der Waals surface area contributed by atoms with Gasteiger partial charge in [0.25, 0.3) is 5.91 Å². The van der Waals surface area contributed by atoms with Gasteiger partial charge in [-0.05, 0) is 46.2 Å². The van der Waals surface area contributed by atoms with E-state index in [1.54, 1.807) is 45.0 Å². The number of thiocarbonyl (C=S) groups is 1. The first-order chi connectivity index (χ1) is 16.9. The van der Waals surface area contributed by atoms with E-state index in [4.69, 9.17) is 22.7 Å².